The predicted molar refractivity (Wildman–Crippen MR) is 67.3 cm³/mol. The summed E-state index contributed by atoms with van der Waals surface area (Å²) >= 11 is 13.0. The van der Waals surface area contributed by atoms with Crippen LogP contribution in [0.15, 0.2) is 23.6 Å². The van der Waals surface area contributed by atoms with Gasteiger partial charge in [0.25, 0.3) is 0 Å². The van der Waals surface area contributed by atoms with Gasteiger partial charge in [-0.3, -0.25) is 0 Å². The first kappa shape index (κ1) is 11.5. The Bertz CT molecular complexity index is 501. The van der Waals surface area contributed by atoms with Crippen molar-refractivity contribution < 1.29 is 4.74 Å². The number of thiazole rings is 1. The summed E-state index contributed by atoms with van der Waals surface area (Å²) in [6, 6.07) is 5.11. The summed E-state index contributed by atoms with van der Waals surface area (Å²) in [7, 11) is 0. The Labute approximate surface area is 107 Å². The largest absolute Gasteiger partial charge is 0.487 e. The zero-order valence-corrected chi connectivity index (χ0v) is 10.4. The maximum absolute atomic E-state index is 5.85. The molecule has 2 aromatic rings. The number of ether oxygens (including phenoxy) is 1. The van der Waals surface area contributed by atoms with Crippen LogP contribution >= 0.6 is 34.5 Å². The second kappa shape index (κ2) is 4.91. The Morgan fingerprint density at radius 3 is 2.75 bits per heavy atom. The monoisotopic (exact) mass is 274 g/mol. The summed E-state index contributed by atoms with van der Waals surface area (Å²) in [5, 5.41) is 3.36. The van der Waals surface area contributed by atoms with E-state index in [1.54, 1.807) is 18.2 Å². The molecule has 1 aromatic carbocycles. The van der Waals surface area contributed by atoms with E-state index >= 15 is 0 Å². The number of aromatic nitrogens is 1. The predicted octanol–water partition coefficient (Wildman–Crippen LogP) is 3.61. The Balaban J connectivity index is 2.02. The van der Waals surface area contributed by atoms with Gasteiger partial charge in [0.1, 0.15) is 12.4 Å². The van der Waals surface area contributed by atoms with Gasteiger partial charge < -0.3 is 10.5 Å². The molecule has 0 saturated carbocycles. The lowest BCUT2D eigenvalue weighted by Crippen LogP contribution is -1.96. The molecular formula is C10H8Cl2N2OS. The van der Waals surface area contributed by atoms with E-state index in [4.69, 9.17) is 33.7 Å². The average Bonchev–Trinajstić information content (AvgIpc) is 2.66. The molecule has 1 aromatic heterocycles. The van der Waals surface area contributed by atoms with Gasteiger partial charge >= 0.3 is 0 Å². The number of hydrogen-bond acceptors (Lipinski definition) is 4. The first-order chi connectivity index (χ1) is 7.65. The molecule has 0 unspecified atom stereocenters. The van der Waals surface area contributed by atoms with E-state index in [9.17, 15) is 0 Å². The molecular weight excluding hydrogens is 267 g/mol. The summed E-state index contributed by atoms with van der Waals surface area (Å²) in [6.07, 6.45) is 0. The summed E-state index contributed by atoms with van der Waals surface area (Å²) in [5.74, 6) is 0.654. The molecule has 84 valence electrons. The first-order valence-corrected chi connectivity index (χ1v) is 6.06. The van der Waals surface area contributed by atoms with Crippen LogP contribution < -0.4 is 10.5 Å². The third kappa shape index (κ3) is 2.78. The van der Waals surface area contributed by atoms with Crippen LogP contribution in [0.3, 0.4) is 0 Å². The van der Waals surface area contributed by atoms with Crippen molar-refractivity contribution in [2.24, 2.45) is 0 Å². The van der Waals surface area contributed by atoms with Crippen LogP contribution in [0, 0.1) is 0 Å². The Kier molecular flexibility index (Phi) is 3.53. The lowest BCUT2D eigenvalue weighted by molar-refractivity contribution is 0.302. The Morgan fingerprint density at radius 2 is 2.12 bits per heavy atom. The number of nitrogen functional groups attached to an aromatic ring is 1. The topological polar surface area (TPSA) is 48.1 Å². The highest BCUT2D eigenvalue weighted by Gasteiger charge is 2.02. The molecule has 0 aliphatic carbocycles. The van der Waals surface area contributed by atoms with Gasteiger partial charge in [0.2, 0.25) is 0 Å². The van der Waals surface area contributed by atoms with E-state index in [1.165, 1.54) is 11.3 Å². The minimum absolute atomic E-state index is 0.367. The van der Waals surface area contributed by atoms with Gasteiger partial charge in [0, 0.05) is 11.4 Å². The van der Waals surface area contributed by atoms with Crippen molar-refractivity contribution in [1.82, 2.24) is 4.98 Å². The molecule has 0 atom stereocenters. The molecule has 0 radical (unpaired) electrons. The molecule has 0 bridgehead atoms. The van der Waals surface area contributed by atoms with Crippen LogP contribution in [-0.2, 0) is 6.61 Å². The van der Waals surface area contributed by atoms with Crippen molar-refractivity contribution in [2.45, 2.75) is 6.61 Å². The summed E-state index contributed by atoms with van der Waals surface area (Å²) < 4.78 is 5.49. The second-order valence-electron chi connectivity index (χ2n) is 3.04. The van der Waals surface area contributed by atoms with Crippen LogP contribution in [0.4, 0.5) is 5.13 Å². The highest BCUT2D eigenvalue weighted by atomic mass is 35.5. The maximum atomic E-state index is 5.85. The molecule has 2 rings (SSSR count). The molecule has 0 spiro atoms. The van der Waals surface area contributed by atoms with Gasteiger partial charge in [0.15, 0.2) is 5.13 Å². The minimum Gasteiger partial charge on any atom is -0.487 e. The standard InChI is InChI=1S/C10H8Cl2N2OS/c11-8-2-1-7(3-9(8)12)15-4-6-5-16-10(13)14-6/h1-3,5H,4H2,(H2,13,14). The van der Waals surface area contributed by atoms with Crippen LogP contribution in [0.1, 0.15) is 5.69 Å². The van der Waals surface area contributed by atoms with E-state index in [-0.39, 0.29) is 0 Å². The van der Waals surface area contributed by atoms with Crippen molar-refractivity contribution in [2.75, 3.05) is 5.73 Å². The fourth-order valence-corrected chi connectivity index (χ4v) is 1.95. The normalized spacial score (nSPS) is 10.4. The minimum atomic E-state index is 0.367. The van der Waals surface area contributed by atoms with Gasteiger partial charge in [-0.15, -0.1) is 11.3 Å². The Hall–Kier alpha value is -0.970. The number of rotatable bonds is 3. The molecule has 0 amide bonds. The van der Waals surface area contributed by atoms with E-state index in [2.05, 4.69) is 4.98 Å². The molecule has 6 heteroatoms. The van der Waals surface area contributed by atoms with Crippen molar-refractivity contribution in [1.29, 1.82) is 0 Å². The Morgan fingerprint density at radius 1 is 1.31 bits per heavy atom. The first-order valence-electron chi connectivity index (χ1n) is 4.43. The van der Waals surface area contributed by atoms with Crippen molar-refractivity contribution in [3.63, 3.8) is 0 Å². The van der Waals surface area contributed by atoms with Gasteiger partial charge in [0.05, 0.1) is 15.7 Å². The van der Waals surface area contributed by atoms with Crippen LogP contribution in [-0.4, -0.2) is 4.98 Å². The quantitative estimate of drug-likeness (QED) is 0.930. The van der Waals surface area contributed by atoms with Gasteiger partial charge in [-0.25, -0.2) is 4.98 Å². The number of anilines is 1. The maximum Gasteiger partial charge on any atom is 0.180 e. The number of halogens is 2. The molecule has 2 N–H and O–H groups in total. The zero-order valence-electron chi connectivity index (χ0n) is 8.11. The smallest absolute Gasteiger partial charge is 0.180 e. The lowest BCUT2D eigenvalue weighted by Gasteiger charge is -2.04. The van der Waals surface area contributed by atoms with Crippen molar-refractivity contribution >= 4 is 39.7 Å². The molecule has 1 heterocycles. The molecule has 0 fully saturated rings. The SMILES string of the molecule is Nc1nc(COc2ccc(Cl)c(Cl)c2)cs1. The van der Waals surface area contributed by atoms with E-state index in [1.807, 2.05) is 5.38 Å². The summed E-state index contributed by atoms with van der Waals surface area (Å²) in [4.78, 5) is 4.08. The zero-order chi connectivity index (χ0) is 11.5. The number of nitrogens with zero attached hydrogens (tertiary/aromatic N) is 1. The van der Waals surface area contributed by atoms with Gasteiger partial charge in [-0.2, -0.15) is 0 Å². The van der Waals surface area contributed by atoms with Gasteiger partial charge in [-0.1, -0.05) is 23.2 Å². The van der Waals surface area contributed by atoms with Gasteiger partial charge in [-0.05, 0) is 12.1 Å². The molecule has 0 aliphatic rings. The van der Waals surface area contributed by atoms with Crippen LogP contribution in [0.2, 0.25) is 10.0 Å². The second-order valence-corrected chi connectivity index (χ2v) is 4.75. The molecule has 16 heavy (non-hydrogen) atoms. The van der Waals surface area contributed by atoms with Crippen LogP contribution in [0.25, 0.3) is 0 Å². The highest BCUT2D eigenvalue weighted by molar-refractivity contribution is 7.13. The fraction of sp³-hybridized carbons (Fsp3) is 0.100. The van der Waals surface area contributed by atoms with E-state index < -0.39 is 0 Å². The number of nitrogens with two attached hydrogens (primary N) is 1. The third-order valence-electron chi connectivity index (χ3n) is 1.85. The third-order valence-corrected chi connectivity index (χ3v) is 3.31. The molecule has 0 aliphatic heterocycles. The number of benzene rings is 1. The van der Waals surface area contributed by atoms with Crippen LogP contribution in [0.5, 0.6) is 5.75 Å². The van der Waals surface area contributed by atoms with Crippen molar-refractivity contribution in [3.05, 3.63) is 39.3 Å². The summed E-state index contributed by atoms with van der Waals surface area (Å²) in [5.41, 5.74) is 6.30. The highest BCUT2D eigenvalue weighted by Crippen LogP contribution is 2.26. The summed E-state index contributed by atoms with van der Waals surface area (Å²) in [6.45, 7) is 0.367. The van der Waals surface area contributed by atoms with E-state index in [0.717, 1.165) is 5.69 Å². The molecule has 3 nitrogen and oxygen atoms in total. The fourth-order valence-electron chi connectivity index (χ4n) is 1.11. The molecule has 0 saturated heterocycles. The van der Waals surface area contributed by atoms with Crippen molar-refractivity contribution in [3.8, 4) is 5.75 Å². The van der Waals surface area contributed by atoms with E-state index in [0.29, 0.717) is 27.5 Å². The number of hydrogen-bond donors (Lipinski definition) is 1. The lowest BCUT2D eigenvalue weighted by atomic mass is 10.3. The average molecular weight is 275 g/mol.